The Balaban J connectivity index is 2.77. The van der Waals surface area contributed by atoms with E-state index < -0.39 is 0 Å². The Morgan fingerprint density at radius 3 is 2.77 bits per heavy atom. The Kier molecular flexibility index (Phi) is 3.48. The van der Waals surface area contributed by atoms with Crippen molar-refractivity contribution >= 4 is 0 Å². The number of hydrogen-bond donors (Lipinski definition) is 1. The van der Waals surface area contributed by atoms with E-state index in [4.69, 9.17) is 5.73 Å². The molecule has 0 aliphatic rings. The van der Waals surface area contributed by atoms with Crippen LogP contribution in [0.3, 0.4) is 0 Å². The van der Waals surface area contributed by atoms with Gasteiger partial charge in [-0.25, -0.2) is 0 Å². The SMILES string of the molecule is CCCC(C)n1cc(CN)c(C)n1. The molecule has 0 amide bonds. The van der Waals surface area contributed by atoms with Crippen LogP contribution >= 0.6 is 0 Å². The largest absolute Gasteiger partial charge is 0.326 e. The van der Waals surface area contributed by atoms with E-state index in [9.17, 15) is 0 Å². The molecule has 1 rings (SSSR count). The third-order valence-electron chi connectivity index (χ3n) is 2.40. The normalized spacial score (nSPS) is 13.2. The van der Waals surface area contributed by atoms with Crippen LogP contribution in [0.25, 0.3) is 0 Å². The molecule has 0 fully saturated rings. The van der Waals surface area contributed by atoms with E-state index in [1.165, 1.54) is 12.8 Å². The minimum absolute atomic E-state index is 0.490. The lowest BCUT2D eigenvalue weighted by Crippen LogP contribution is -2.05. The van der Waals surface area contributed by atoms with Gasteiger partial charge in [-0.15, -0.1) is 0 Å². The quantitative estimate of drug-likeness (QED) is 0.772. The van der Waals surface area contributed by atoms with Gasteiger partial charge in [0, 0.05) is 24.3 Å². The first-order valence-electron chi connectivity index (χ1n) is 4.93. The molecule has 0 aliphatic carbocycles. The Morgan fingerprint density at radius 2 is 2.31 bits per heavy atom. The fraction of sp³-hybridized carbons (Fsp3) is 0.700. The van der Waals surface area contributed by atoms with E-state index >= 15 is 0 Å². The standard InChI is InChI=1S/C10H19N3/c1-4-5-8(2)13-7-10(6-11)9(3)12-13/h7-8H,4-6,11H2,1-3H3. The van der Waals surface area contributed by atoms with Gasteiger partial charge in [-0.05, 0) is 20.3 Å². The molecule has 0 aromatic carbocycles. The zero-order chi connectivity index (χ0) is 9.84. The van der Waals surface area contributed by atoms with Crippen LogP contribution in [-0.2, 0) is 6.54 Å². The molecular weight excluding hydrogens is 162 g/mol. The second-order valence-corrected chi connectivity index (χ2v) is 3.56. The highest BCUT2D eigenvalue weighted by Gasteiger charge is 2.07. The first kappa shape index (κ1) is 10.3. The summed E-state index contributed by atoms with van der Waals surface area (Å²) in [5, 5.41) is 4.44. The van der Waals surface area contributed by atoms with Crippen molar-refractivity contribution in [3.8, 4) is 0 Å². The molecule has 74 valence electrons. The lowest BCUT2D eigenvalue weighted by Gasteiger charge is -2.09. The third kappa shape index (κ3) is 2.31. The molecule has 0 bridgehead atoms. The van der Waals surface area contributed by atoms with Crippen LogP contribution in [0.2, 0.25) is 0 Å². The van der Waals surface area contributed by atoms with E-state index in [-0.39, 0.29) is 0 Å². The maximum absolute atomic E-state index is 5.58. The second kappa shape index (κ2) is 4.42. The van der Waals surface area contributed by atoms with Crippen molar-refractivity contribution in [2.24, 2.45) is 5.73 Å². The van der Waals surface area contributed by atoms with Crippen molar-refractivity contribution < 1.29 is 0 Å². The summed E-state index contributed by atoms with van der Waals surface area (Å²) in [5.74, 6) is 0. The maximum atomic E-state index is 5.58. The van der Waals surface area contributed by atoms with E-state index in [0.29, 0.717) is 12.6 Å². The summed E-state index contributed by atoms with van der Waals surface area (Å²) in [5.41, 5.74) is 7.80. The fourth-order valence-electron chi connectivity index (χ4n) is 1.50. The summed E-state index contributed by atoms with van der Waals surface area (Å²) in [6.45, 7) is 6.98. The Bertz CT molecular complexity index is 265. The van der Waals surface area contributed by atoms with Crippen molar-refractivity contribution in [3.63, 3.8) is 0 Å². The predicted octanol–water partition coefficient (Wildman–Crippen LogP) is 2.01. The monoisotopic (exact) mass is 181 g/mol. The Hall–Kier alpha value is -0.830. The molecule has 13 heavy (non-hydrogen) atoms. The molecule has 3 heteroatoms. The first-order valence-corrected chi connectivity index (χ1v) is 4.93. The van der Waals surface area contributed by atoms with Crippen LogP contribution in [0, 0.1) is 6.92 Å². The highest BCUT2D eigenvalue weighted by atomic mass is 15.3. The Morgan fingerprint density at radius 1 is 1.62 bits per heavy atom. The lowest BCUT2D eigenvalue weighted by atomic mass is 10.2. The molecule has 1 aromatic heterocycles. The van der Waals surface area contributed by atoms with Crippen LogP contribution in [0.5, 0.6) is 0 Å². The van der Waals surface area contributed by atoms with Gasteiger partial charge in [-0.1, -0.05) is 13.3 Å². The number of rotatable bonds is 4. The fourth-order valence-corrected chi connectivity index (χ4v) is 1.50. The van der Waals surface area contributed by atoms with Gasteiger partial charge < -0.3 is 5.73 Å². The molecule has 0 aliphatic heterocycles. The average molecular weight is 181 g/mol. The number of nitrogens with zero attached hydrogens (tertiary/aromatic N) is 2. The highest BCUT2D eigenvalue weighted by Crippen LogP contribution is 2.14. The summed E-state index contributed by atoms with van der Waals surface area (Å²) in [6.07, 6.45) is 4.43. The second-order valence-electron chi connectivity index (χ2n) is 3.56. The third-order valence-corrected chi connectivity index (χ3v) is 2.40. The zero-order valence-corrected chi connectivity index (χ0v) is 8.75. The number of aryl methyl sites for hydroxylation is 1. The molecule has 1 atom stereocenters. The van der Waals surface area contributed by atoms with Crippen LogP contribution < -0.4 is 5.73 Å². The van der Waals surface area contributed by atoms with E-state index in [2.05, 4.69) is 25.1 Å². The molecule has 0 saturated heterocycles. The summed E-state index contributed by atoms with van der Waals surface area (Å²) < 4.78 is 2.03. The minimum Gasteiger partial charge on any atom is -0.326 e. The van der Waals surface area contributed by atoms with Gasteiger partial charge in [-0.2, -0.15) is 5.10 Å². The molecule has 0 saturated carbocycles. The molecule has 1 heterocycles. The van der Waals surface area contributed by atoms with Crippen LogP contribution in [0.1, 0.15) is 44.0 Å². The van der Waals surface area contributed by atoms with Gasteiger partial charge in [0.15, 0.2) is 0 Å². The van der Waals surface area contributed by atoms with Gasteiger partial charge in [-0.3, -0.25) is 4.68 Å². The molecule has 1 unspecified atom stereocenters. The summed E-state index contributed by atoms with van der Waals surface area (Å²) in [6, 6.07) is 0.490. The molecule has 1 aromatic rings. The van der Waals surface area contributed by atoms with Crippen LogP contribution in [0.15, 0.2) is 6.20 Å². The van der Waals surface area contributed by atoms with E-state index in [1.54, 1.807) is 0 Å². The molecule has 3 nitrogen and oxygen atoms in total. The van der Waals surface area contributed by atoms with Crippen LogP contribution in [0.4, 0.5) is 0 Å². The molecule has 0 spiro atoms. The summed E-state index contributed by atoms with van der Waals surface area (Å²) in [7, 11) is 0. The number of aromatic nitrogens is 2. The molecule has 2 N–H and O–H groups in total. The topological polar surface area (TPSA) is 43.8 Å². The smallest absolute Gasteiger partial charge is 0.0638 e. The van der Waals surface area contributed by atoms with Crippen molar-refractivity contribution in [1.29, 1.82) is 0 Å². The van der Waals surface area contributed by atoms with Gasteiger partial charge >= 0.3 is 0 Å². The van der Waals surface area contributed by atoms with Crippen molar-refractivity contribution in [3.05, 3.63) is 17.5 Å². The summed E-state index contributed by atoms with van der Waals surface area (Å²) >= 11 is 0. The van der Waals surface area contributed by atoms with Crippen molar-refractivity contribution in [1.82, 2.24) is 9.78 Å². The molecule has 0 radical (unpaired) electrons. The van der Waals surface area contributed by atoms with Crippen molar-refractivity contribution in [2.75, 3.05) is 0 Å². The zero-order valence-electron chi connectivity index (χ0n) is 8.75. The average Bonchev–Trinajstić information content (AvgIpc) is 2.47. The number of hydrogen-bond acceptors (Lipinski definition) is 2. The van der Waals surface area contributed by atoms with Gasteiger partial charge in [0.1, 0.15) is 0 Å². The van der Waals surface area contributed by atoms with Crippen LogP contribution in [-0.4, -0.2) is 9.78 Å². The maximum Gasteiger partial charge on any atom is 0.0638 e. The van der Waals surface area contributed by atoms with Gasteiger partial charge in [0.25, 0.3) is 0 Å². The highest BCUT2D eigenvalue weighted by molar-refractivity contribution is 5.14. The van der Waals surface area contributed by atoms with Gasteiger partial charge in [0.2, 0.25) is 0 Å². The van der Waals surface area contributed by atoms with Gasteiger partial charge in [0.05, 0.1) is 5.69 Å². The van der Waals surface area contributed by atoms with E-state index in [0.717, 1.165) is 11.3 Å². The van der Waals surface area contributed by atoms with Crippen molar-refractivity contribution in [2.45, 2.75) is 46.2 Å². The lowest BCUT2D eigenvalue weighted by molar-refractivity contribution is 0.452. The first-order chi connectivity index (χ1) is 6.19. The molecular formula is C10H19N3. The number of nitrogens with two attached hydrogens (primary N) is 1. The summed E-state index contributed by atoms with van der Waals surface area (Å²) in [4.78, 5) is 0. The minimum atomic E-state index is 0.490. The van der Waals surface area contributed by atoms with E-state index in [1.807, 2.05) is 11.6 Å². The predicted molar refractivity (Wildman–Crippen MR) is 54.5 cm³/mol. The Labute approximate surface area is 79.9 Å².